The lowest BCUT2D eigenvalue weighted by Gasteiger charge is -2.33. The molecule has 0 aliphatic carbocycles. The predicted molar refractivity (Wildman–Crippen MR) is 70.2 cm³/mol. The van der Waals surface area contributed by atoms with Crippen LogP contribution in [0, 0.1) is 12.8 Å². The van der Waals surface area contributed by atoms with Gasteiger partial charge in [0.25, 0.3) is 0 Å². The van der Waals surface area contributed by atoms with Crippen molar-refractivity contribution >= 4 is 5.82 Å². The minimum Gasteiger partial charge on any atom is -0.356 e. The number of hydrogen-bond acceptors (Lipinski definition) is 4. The summed E-state index contributed by atoms with van der Waals surface area (Å²) in [7, 11) is 0. The van der Waals surface area contributed by atoms with Crippen LogP contribution in [0.5, 0.6) is 0 Å². The van der Waals surface area contributed by atoms with Crippen LogP contribution in [-0.2, 0) is 0 Å². The summed E-state index contributed by atoms with van der Waals surface area (Å²) in [6, 6.07) is 2.02. The molecule has 1 saturated heterocycles. The van der Waals surface area contributed by atoms with Gasteiger partial charge in [-0.2, -0.15) is 0 Å². The van der Waals surface area contributed by atoms with Gasteiger partial charge in [0.05, 0.1) is 0 Å². The minimum absolute atomic E-state index is 0.749. The maximum Gasteiger partial charge on any atom is 0.132 e. The number of hydrogen-bond donors (Lipinski definition) is 1. The summed E-state index contributed by atoms with van der Waals surface area (Å²) in [6.45, 7) is 8.53. The summed E-state index contributed by atoms with van der Waals surface area (Å²) in [6.07, 6.45) is 4.44. The molecule has 1 fully saturated rings. The molecule has 2 rings (SSSR count). The third kappa shape index (κ3) is 3.40. The van der Waals surface area contributed by atoms with E-state index in [2.05, 4.69) is 27.1 Å². The second-order valence-corrected chi connectivity index (χ2v) is 4.72. The zero-order valence-electron chi connectivity index (χ0n) is 10.8. The first kappa shape index (κ1) is 12.3. The Labute approximate surface area is 103 Å². The van der Waals surface area contributed by atoms with E-state index in [9.17, 15) is 0 Å². The standard InChI is InChI=1S/C13H22N4/c1-3-14-9-12-5-4-8-17(10-12)13-6-7-15-11(2)16-13/h6-7,12,14H,3-5,8-10H2,1-2H3. The van der Waals surface area contributed by atoms with Gasteiger partial charge in [0.1, 0.15) is 11.6 Å². The number of nitrogens with zero attached hydrogens (tertiary/aromatic N) is 3. The van der Waals surface area contributed by atoms with Crippen molar-refractivity contribution in [1.29, 1.82) is 0 Å². The zero-order valence-corrected chi connectivity index (χ0v) is 10.8. The van der Waals surface area contributed by atoms with Gasteiger partial charge in [-0.25, -0.2) is 9.97 Å². The first-order valence-corrected chi connectivity index (χ1v) is 6.55. The van der Waals surface area contributed by atoms with E-state index < -0.39 is 0 Å². The van der Waals surface area contributed by atoms with Crippen LogP contribution in [0.25, 0.3) is 0 Å². The van der Waals surface area contributed by atoms with Crippen LogP contribution in [-0.4, -0.2) is 36.1 Å². The van der Waals surface area contributed by atoms with Gasteiger partial charge in [0.2, 0.25) is 0 Å². The average molecular weight is 234 g/mol. The van der Waals surface area contributed by atoms with E-state index >= 15 is 0 Å². The van der Waals surface area contributed by atoms with E-state index in [0.29, 0.717) is 0 Å². The Balaban J connectivity index is 1.97. The molecule has 0 radical (unpaired) electrons. The summed E-state index contributed by atoms with van der Waals surface area (Å²) in [5, 5.41) is 3.44. The number of piperidine rings is 1. The molecule has 0 bridgehead atoms. The molecular formula is C13H22N4. The molecule has 0 saturated carbocycles. The molecule has 4 nitrogen and oxygen atoms in total. The summed E-state index contributed by atoms with van der Waals surface area (Å²) in [5.41, 5.74) is 0. The van der Waals surface area contributed by atoms with Crippen LogP contribution in [0.2, 0.25) is 0 Å². The molecule has 1 aromatic heterocycles. The van der Waals surface area contributed by atoms with Crippen molar-refractivity contribution in [1.82, 2.24) is 15.3 Å². The van der Waals surface area contributed by atoms with Crippen LogP contribution >= 0.6 is 0 Å². The maximum atomic E-state index is 4.51. The van der Waals surface area contributed by atoms with Gasteiger partial charge in [0, 0.05) is 19.3 Å². The lowest BCUT2D eigenvalue weighted by molar-refractivity contribution is 0.394. The van der Waals surface area contributed by atoms with Gasteiger partial charge in [-0.15, -0.1) is 0 Å². The molecule has 0 spiro atoms. The van der Waals surface area contributed by atoms with Crippen molar-refractivity contribution < 1.29 is 0 Å². The van der Waals surface area contributed by atoms with Crippen molar-refractivity contribution in [3.8, 4) is 0 Å². The average Bonchev–Trinajstić information content (AvgIpc) is 2.37. The van der Waals surface area contributed by atoms with Gasteiger partial charge >= 0.3 is 0 Å². The van der Waals surface area contributed by atoms with Crippen LogP contribution in [0.15, 0.2) is 12.3 Å². The van der Waals surface area contributed by atoms with E-state index in [1.54, 1.807) is 0 Å². The molecule has 1 N–H and O–H groups in total. The Morgan fingerprint density at radius 1 is 1.53 bits per heavy atom. The van der Waals surface area contributed by atoms with E-state index in [0.717, 1.165) is 43.7 Å². The summed E-state index contributed by atoms with van der Waals surface area (Å²) in [4.78, 5) is 11.0. The predicted octanol–water partition coefficient (Wildman–Crippen LogP) is 1.61. The third-order valence-corrected chi connectivity index (χ3v) is 3.29. The SMILES string of the molecule is CCNCC1CCCN(c2ccnc(C)n2)C1. The number of rotatable bonds is 4. The Morgan fingerprint density at radius 2 is 2.41 bits per heavy atom. The first-order chi connectivity index (χ1) is 8.29. The molecule has 94 valence electrons. The second-order valence-electron chi connectivity index (χ2n) is 4.72. The molecule has 0 aromatic carbocycles. The monoisotopic (exact) mass is 234 g/mol. The van der Waals surface area contributed by atoms with Gasteiger partial charge in [0.15, 0.2) is 0 Å². The van der Waals surface area contributed by atoms with Crippen LogP contribution < -0.4 is 10.2 Å². The van der Waals surface area contributed by atoms with Crippen molar-refractivity contribution in [2.24, 2.45) is 5.92 Å². The van der Waals surface area contributed by atoms with Crippen molar-refractivity contribution in [2.45, 2.75) is 26.7 Å². The van der Waals surface area contributed by atoms with Crippen LogP contribution in [0.4, 0.5) is 5.82 Å². The molecule has 1 aliphatic rings. The van der Waals surface area contributed by atoms with Gasteiger partial charge in [-0.1, -0.05) is 6.92 Å². The highest BCUT2D eigenvalue weighted by Gasteiger charge is 2.20. The lowest BCUT2D eigenvalue weighted by Crippen LogP contribution is -2.40. The Kier molecular flexibility index (Phi) is 4.31. The number of aromatic nitrogens is 2. The first-order valence-electron chi connectivity index (χ1n) is 6.55. The van der Waals surface area contributed by atoms with Gasteiger partial charge in [-0.05, 0) is 44.8 Å². The van der Waals surface area contributed by atoms with Crippen molar-refractivity contribution in [2.75, 3.05) is 31.1 Å². The number of anilines is 1. The molecule has 1 aliphatic heterocycles. The molecule has 1 atom stereocenters. The maximum absolute atomic E-state index is 4.51. The molecule has 4 heteroatoms. The molecule has 2 heterocycles. The topological polar surface area (TPSA) is 41.0 Å². The fourth-order valence-corrected chi connectivity index (χ4v) is 2.41. The Bertz CT molecular complexity index is 353. The largest absolute Gasteiger partial charge is 0.356 e. The molecule has 17 heavy (non-hydrogen) atoms. The molecule has 0 amide bonds. The fraction of sp³-hybridized carbons (Fsp3) is 0.692. The highest BCUT2D eigenvalue weighted by molar-refractivity contribution is 5.37. The Morgan fingerprint density at radius 3 is 3.18 bits per heavy atom. The quantitative estimate of drug-likeness (QED) is 0.859. The lowest BCUT2D eigenvalue weighted by atomic mass is 9.98. The number of aryl methyl sites for hydroxylation is 1. The van der Waals surface area contributed by atoms with Gasteiger partial charge in [-0.3, -0.25) is 0 Å². The van der Waals surface area contributed by atoms with Crippen LogP contribution in [0.3, 0.4) is 0 Å². The fourth-order valence-electron chi connectivity index (χ4n) is 2.41. The third-order valence-electron chi connectivity index (χ3n) is 3.29. The van der Waals surface area contributed by atoms with E-state index in [1.165, 1.54) is 12.8 Å². The summed E-state index contributed by atoms with van der Waals surface area (Å²) < 4.78 is 0. The number of nitrogens with one attached hydrogen (secondary N) is 1. The minimum atomic E-state index is 0.749. The van der Waals surface area contributed by atoms with E-state index in [4.69, 9.17) is 0 Å². The smallest absolute Gasteiger partial charge is 0.132 e. The summed E-state index contributed by atoms with van der Waals surface area (Å²) >= 11 is 0. The zero-order chi connectivity index (χ0) is 12.1. The molecule has 1 aromatic rings. The summed E-state index contributed by atoms with van der Waals surface area (Å²) in [5.74, 6) is 2.69. The van der Waals surface area contributed by atoms with E-state index in [1.807, 2.05) is 19.2 Å². The highest BCUT2D eigenvalue weighted by atomic mass is 15.2. The van der Waals surface area contributed by atoms with Crippen molar-refractivity contribution in [3.63, 3.8) is 0 Å². The van der Waals surface area contributed by atoms with Crippen molar-refractivity contribution in [3.05, 3.63) is 18.1 Å². The normalized spacial score (nSPS) is 20.6. The molecular weight excluding hydrogens is 212 g/mol. The molecule has 1 unspecified atom stereocenters. The van der Waals surface area contributed by atoms with Crippen LogP contribution in [0.1, 0.15) is 25.6 Å². The van der Waals surface area contributed by atoms with Gasteiger partial charge < -0.3 is 10.2 Å². The second kappa shape index (κ2) is 5.96. The Hall–Kier alpha value is -1.16. The van der Waals surface area contributed by atoms with E-state index in [-0.39, 0.29) is 0 Å². The highest BCUT2D eigenvalue weighted by Crippen LogP contribution is 2.20.